The van der Waals surface area contributed by atoms with Gasteiger partial charge in [0.25, 0.3) is 10.0 Å². The van der Waals surface area contributed by atoms with Crippen LogP contribution in [0.3, 0.4) is 0 Å². The molecule has 1 fully saturated rings. The summed E-state index contributed by atoms with van der Waals surface area (Å²) in [6.07, 6.45) is 6.25. The van der Waals surface area contributed by atoms with Gasteiger partial charge in [0.05, 0.1) is 23.2 Å². The molecule has 0 heterocycles. The number of anilines is 1. The van der Waals surface area contributed by atoms with Crippen molar-refractivity contribution in [1.82, 2.24) is 0 Å². The third kappa shape index (κ3) is 4.07. The smallest absolute Gasteiger partial charge is 0.264 e. The van der Waals surface area contributed by atoms with Crippen molar-refractivity contribution in [3.63, 3.8) is 0 Å². The van der Waals surface area contributed by atoms with Crippen LogP contribution in [0.5, 0.6) is 5.75 Å². The summed E-state index contributed by atoms with van der Waals surface area (Å²) >= 11 is 0. The molecule has 26 heavy (non-hydrogen) atoms. The first-order valence-electron chi connectivity index (χ1n) is 8.66. The lowest BCUT2D eigenvalue weighted by atomic mass is 10.2. The van der Waals surface area contributed by atoms with E-state index in [0.717, 1.165) is 30.7 Å². The summed E-state index contributed by atoms with van der Waals surface area (Å²) in [7, 11) is -3.81. The van der Waals surface area contributed by atoms with Crippen molar-refractivity contribution in [2.24, 2.45) is 0 Å². The Bertz CT molecular complexity index is 842. The van der Waals surface area contributed by atoms with E-state index in [0.29, 0.717) is 5.69 Å². The number of sulfonamides is 1. The lowest BCUT2D eigenvalue weighted by molar-refractivity contribution is 0.210. The standard InChI is InChI=1S/C20H22FNO3S/c1-2-15-22(26(23,24)20-13-7-16(21)8-14-20)17-9-11-19(12-10-17)25-18-5-3-4-6-18/h2,7-14,18H,1,3-6,15H2. The fraction of sp³-hybridized carbons (Fsp3) is 0.300. The predicted octanol–water partition coefficient (Wildman–Crippen LogP) is 4.53. The van der Waals surface area contributed by atoms with E-state index in [1.807, 2.05) is 0 Å². The van der Waals surface area contributed by atoms with Crippen molar-refractivity contribution in [3.05, 3.63) is 67.0 Å². The first-order valence-corrected chi connectivity index (χ1v) is 10.1. The highest BCUT2D eigenvalue weighted by atomic mass is 32.2. The third-order valence-corrected chi connectivity index (χ3v) is 6.23. The Morgan fingerprint density at radius 1 is 1.08 bits per heavy atom. The van der Waals surface area contributed by atoms with Crippen LogP contribution >= 0.6 is 0 Å². The zero-order valence-electron chi connectivity index (χ0n) is 14.5. The molecule has 0 radical (unpaired) electrons. The first kappa shape index (κ1) is 18.5. The Morgan fingerprint density at radius 2 is 1.69 bits per heavy atom. The fourth-order valence-corrected chi connectivity index (χ4v) is 4.52. The molecule has 0 amide bonds. The molecule has 0 atom stereocenters. The second-order valence-electron chi connectivity index (χ2n) is 6.30. The topological polar surface area (TPSA) is 46.6 Å². The van der Waals surface area contributed by atoms with Gasteiger partial charge in [-0.25, -0.2) is 12.8 Å². The predicted molar refractivity (Wildman–Crippen MR) is 100 cm³/mol. The number of nitrogens with zero attached hydrogens (tertiary/aromatic N) is 1. The molecule has 0 saturated heterocycles. The highest BCUT2D eigenvalue weighted by Crippen LogP contribution is 2.28. The summed E-state index contributed by atoms with van der Waals surface area (Å²) in [5, 5.41) is 0. The van der Waals surface area contributed by atoms with E-state index in [1.165, 1.54) is 35.4 Å². The third-order valence-electron chi connectivity index (χ3n) is 4.43. The van der Waals surface area contributed by atoms with Gasteiger partial charge in [0.2, 0.25) is 0 Å². The van der Waals surface area contributed by atoms with Crippen LogP contribution in [-0.2, 0) is 10.0 Å². The molecule has 0 bridgehead atoms. The molecule has 4 nitrogen and oxygen atoms in total. The maximum atomic E-state index is 13.1. The molecule has 2 aromatic carbocycles. The van der Waals surface area contributed by atoms with E-state index >= 15 is 0 Å². The van der Waals surface area contributed by atoms with Gasteiger partial charge < -0.3 is 4.74 Å². The maximum Gasteiger partial charge on any atom is 0.264 e. The van der Waals surface area contributed by atoms with E-state index in [4.69, 9.17) is 4.74 Å². The number of halogens is 1. The number of ether oxygens (including phenoxy) is 1. The van der Waals surface area contributed by atoms with Crippen LogP contribution in [0.1, 0.15) is 25.7 Å². The summed E-state index contributed by atoms with van der Waals surface area (Å²) in [4.78, 5) is 0.0343. The summed E-state index contributed by atoms with van der Waals surface area (Å²) in [5.41, 5.74) is 0.507. The molecule has 0 spiro atoms. The van der Waals surface area contributed by atoms with Crippen LogP contribution in [0.25, 0.3) is 0 Å². The van der Waals surface area contributed by atoms with Gasteiger partial charge in [-0.15, -0.1) is 6.58 Å². The Balaban J connectivity index is 1.84. The Morgan fingerprint density at radius 3 is 2.27 bits per heavy atom. The van der Waals surface area contributed by atoms with Gasteiger partial charge in [0.1, 0.15) is 11.6 Å². The van der Waals surface area contributed by atoms with E-state index in [2.05, 4.69) is 6.58 Å². The van der Waals surface area contributed by atoms with Crippen molar-refractivity contribution >= 4 is 15.7 Å². The second kappa shape index (κ2) is 7.91. The van der Waals surface area contributed by atoms with E-state index in [-0.39, 0.29) is 17.5 Å². The van der Waals surface area contributed by atoms with E-state index in [9.17, 15) is 12.8 Å². The molecule has 0 aromatic heterocycles. The SMILES string of the molecule is C=CCN(c1ccc(OC2CCCC2)cc1)S(=O)(=O)c1ccc(F)cc1. The molecule has 138 valence electrons. The largest absolute Gasteiger partial charge is 0.490 e. The minimum Gasteiger partial charge on any atom is -0.490 e. The van der Waals surface area contributed by atoms with Crippen molar-refractivity contribution in [2.75, 3.05) is 10.8 Å². The Labute approximate surface area is 154 Å². The molecule has 6 heteroatoms. The molecular weight excluding hydrogens is 353 g/mol. The summed E-state index contributed by atoms with van der Waals surface area (Å²) in [6.45, 7) is 3.76. The lowest BCUT2D eigenvalue weighted by Gasteiger charge is -2.23. The van der Waals surface area contributed by atoms with Crippen LogP contribution in [0.15, 0.2) is 66.1 Å². The molecule has 2 aromatic rings. The van der Waals surface area contributed by atoms with Crippen LogP contribution < -0.4 is 9.04 Å². The number of benzene rings is 2. The molecule has 1 aliphatic carbocycles. The molecule has 1 aliphatic rings. The zero-order valence-corrected chi connectivity index (χ0v) is 15.3. The van der Waals surface area contributed by atoms with Crippen LogP contribution in [0, 0.1) is 5.82 Å². The molecule has 1 saturated carbocycles. The fourth-order valence-electron chi connectivity index (χ4n) is 3.08. The van der Waals surface area contributed by atoms with Crippen LogP contribution in [0.4, 0.5) is 10.1 Å². The van der Waals surface area contributed by atoms with Crippen molar-refractivity contribution < 1.29 is 17.5 Å². The van der Waals surface area contributed by atoms with Crippen molar-refractivity contribution in [3.8, 4) is 5.75 Å². The average Bonchev–Trinajstić information content (AvgIpc) is 3.14. The van der Waals surface area contributed by atoms with Gasteiger partial charge >= 0.3 is 0 Å². The minimum atomic E-state index is -3.81. The highest BCUT2D eigenvalue weighted by Gasteiger charge is 2.24. The number of rotatable bonds is 7. The quantitative estimate of drug-likeness (QED) is 0.668. The second-order valence-corrected chi connectivity index (χ2v) is 8.16. The average molecular weight is 375 g/mol. The maximum absolute atomic E-state index is 13.1. The summed E-state index contributed by atoms with van der Waals surface area (Å²) in [6, 6.07) is 11.8. The van der Waals surface area contributed by atoms with E-state index in [1.54, 1.807) is 24.3 Å². The van der Waals surface area contributed by atoms with Gasteiger partial charge in [0.15, 0.2) is 0 Å². The lowest BCUT2D eigenvalue weighted by Crippen LogP contribution is -2.31. The van der Waals surface area contributed by atoms with Gasteiger partial charge in [-0.1, -0.05) is 6.08 Å². The molecule has 0 aliphatic heterocycles. The summed E-state index contributed by atoms with van der Waals surface area (Å²) < 4.78 is 46.1. The van der Waals surface area contributed by atoms with Gasteiger partial charge in [0, 0.05) is 0 Å². The minimum absolute atomic E-state index is 0.0343. The van der Waals surface area contributed by atoms with Gasteiger partial charge in [-0.05, 0) is 74.2 Å². The summed E-state index contributed by atoms with van der Waals surface area (Å²) in [5.74, 6) is 0.256. The molecule has 3 rings (SSSR count). The monoisotopic (exact) mass is 375 g/mol. The molecule has 0 unspecified atom stereocenters. The van der Waals surface area contributed by atoms with Crippen LogP contribution in [-0.4, -0.2) is 21.1 Å². The Hall–Kier alpha value is -2.34. The van der Waals surface area contributed by atoms with Crippen LogP contribution in [0.2, 0.25) is 0 Å². The molecule has 0 N–H and O–H groups in total. The molecular formula is C20H22FNO3S. The number of hydrogen-bond donors (Lipinski definition) is 0. The normalized spacial score (nSPS) is 15.0. The number of hydrogen-bond acceptors (Lipinski definition) is 3. The highest BCUT2D eigenvalue weighted by molar-refractivity contribution is 7.92. The van der Waals surface area contributed by atoms with E-state index < -0.39 is 15.8 Å². The van der Waals surface area contributed by atoms with Crippen molar-refractivity contribution in [2.45, 2.75) is 36.7 Å². The van der Waals surface area contributed by atoms with Gasteiger partial charge in [-0.2, -0.15) is 0 Å². The Kier molecular flexibility index (Phi) is 5.61. The zero-order chi connectivity index (χ0) is 18.6. The first-order chi connectivity index (χ1) is 12.5. The van der Waals surface area contributed by atoms with Gasteiger partial charge in [-0.3, -0.25) is 4.31 Å². The van der Waals surface area contributed by atoms with Crippen molar-refractivity contribution in [1.29, 1.82) is 0 Å².